The lowest BCUT2D eigenvalue weighted by molar-refractivity contribution is -0.149. The fourth-order valence-electron chi connectivity index (χ4n) is 1.84. The van der Waals surface area contributed by atoms with Gasteiger partial charge in [0.2, 0.25) is 0 Å². The molecule has 1 aliphatic heterocycles. The molecule has 17 heavy (non-hydrogen) atoms. The van der Waals surface area contributed by atoms with Crippen LogP contribution in [0.5, 0.6) is 0 Å². The van der Waals surface area contributed by atoms with Crippen LogP contribution >= 0.6 is 22.6 Å². The average Bonchev–Trinajstić information content (AvgIpc) is 2.77. The fraction of sp³-hybridized carbons (Fsp3) is 0.417. The minimum absolute atomic E-state index is 0.00428. The van der Waals surface area contributed by atoms with Crippen LogP contribution in [-0.2, 0) is 9.53 Å². The molecule has 1 aromatic rings. The summed E-state index contributed by atoms with van der Waals surface area (Å²) in [7, 11) is 0. The van der Waals surface area contributed by atoms with Gasteiger partial charge in [-0.05, 0) is 59.7 Å². The van der Waals surface area contributed by atoms with Crippen molar-refractivity contribution < 1.29 is 14.6 Å². The van der Waals surface area contributed by atoms with Crippen LogP contribution in [0.15, 0.2) is 24.3 Å². The van der Waals surface area contributed by atoms with Crippen molar-refractivity contribution in [2.75, 3.05) is 11.9 Å². The molecule has 2 N–H and O–H groups in total. The van der Waals surface area contributed by atoms with Gasteiger partial charge >= 0.3 is 5.97 Å². The smallest absolute Gasteiger partial charge is 0.332 e. The van der Waals surface area contributed by atoms with Crippen molar-refractivity contribution in [3.63, 3.8) is 0 Å². The SMILES string of the molecule is O=C(O)C1CCC(CNc2ccc(I)cc2)O1. The van der Waals surface area contributed by atoms with E-state index in [1.165, 1.54) is 3.57 Å². The van der Waals surface area contributed by atoms with E-state index in [1.54, 1.807) is 0 Å². The van der Waals surface area contributed by atoms with Crippen molar-refractivity contribution in [1.82, 2.24) is 0 Å². The highest BCUT2D eigenvalue weighted by Gasteiger charge is 2.29. The summed E-state index contributed by atoms with van der Waals surface area (Å²) in [5.41, 5.74) is 1.03. The number of carbonyl (C=O) groups is 1. The van der Waals surface area contributed by atoms with Crippen molar-refractivity contribution in [3.8, 4) is 0 Å². The quantitative estimate of drug-likeness (QED) is 0.821. The van der Waals surface area contributed by atoms with Crippen LogP contribution in [0.1, 0.15) is 12.8 Å². The molecule has 1 fully saturated rings. The van der Waals surface area contributed by atoms with Gasteiger partial charge in [-0.1, -0.05) is 0 Å². The van der Waals surface area contributed by atoms with Gasteiger partial charge in [0.25, 0.3) is 0 Å². The van der Waals surface area contributed by atoms with Crippen molar-refractivity contribution >= 4 is 34.2 Å². The number of benzene rings is 1. The maximum atomic E-state index is 10.7. The van der Waals surface area contributed by atoms with Crippen LogP contribution in [0.4, 0.5) is 5.69 Å². The molecule has 1 heterocycles. The third kappa shape index (κ3) is 3.57. The molecule has 2 unspecified atom stereocenters. The van der Waals surface area contributed by atoms with E-state index in [9.17, 15) is 4.79 Å². The molecule has 1 aromatic carbocycles. The van der Waals surface area contributed by atoms with E-state index >= 15 is 0 Å². The first-order chi connectivity index (χ1) is 8.15. The Morgan fingerprint density at radius 2 is 2.12 bits per heavy atom. The first-order valence-corrected chi connectivity index (χ1v) is 6.61. The van der Waals surface area contributed by atoms with Crippen molar-refractivity contribution in [3.05, 3.63) is 27.8 Å². The molecule has 0 saturated carbocycles. The van der Waals surface area contributed by atoms with Crippen LogP contribution in [-0.4, -0.2) is 29.8 Å². The monoisotopic (exact) mass is 347 g/mol. The van der Waals surface area contributed by atoms with E-state index in [-0.39, 0.29) is 6.10 Å². The van der Waals surface area contributed by atoms with Gasteiger partial charge in [0, 0.05) is 15.8 Å². The summed E-state index contributed by atoms with van der Waals surface area (Å²) in [6.45, 7) is 0.657. The highest BCUT2D eigenvalue weighted by atomic mass is 127. The first-order valence-electron chi connectivity index (χ1n) is 5.53. The molecule has 2 atom stereocenters. The molecule has 0 aromatic heterocycles. The summed E-state index contributed by atoms with van der Waals surface area (Å²) in [5.74, 6) is -0.859. The van der Waals surface area contributed by atoms with Gasteiger partial charge in [0.1, 0.15) is 0 Å². The number of aliphatic carboxylic acids is 1. The van der Waals surface area contributed by atoms with Crippen molar-refractivity contribution in [2.45, 2.75) is 25.0 Å². The van der Waals surface area contributed by atoms with E-state index in [4.69, 9.17) is 9.84 Å². The summed E-state index contributed by atoms with van der Waals surface area (Å²) in [6, 6.07) is 8.06. The zero-order valence-electron chi connectivity index (χ0n) is 9.23. The number of ether oxygens (including phenoxy) is 1. The second-order valence-electron chi connectivity index (χ2n) is 4.05. The number of carboxylic acid groups (broad SMARTS) is 1. The molecule has 0 spiro atoms. The standard InChI is InChI=1S/C12H14INO3/c13-8-1-3-9(4-2-8)14-7-10-5-6-11(17-10)12(15)16/h1-4,10-11,14H,5-7H2,(H,15,16). The molecule has 1 aliphatic rings. The lowest BCUT2D eigenvalue weighted by Gasteiger charge is -2.13. The Balaban J connectivity index is 1.80. The van der Waals surface area contributed by atoms with Gasteiger partial charge < -0.3 is 15.2 Å². The minimum atomic E-state index is -0.859. The number of hydrogen-bond acceptors (Lipinski definition) is 3. The maximum absolute atomic E-state index is 10.7. The van der Waals surface area contributed by atoms with Crippen molar-refractivity contribution in [2.24, 2.45) is 0 Å². The number of carboxylic acids is 1. The van der Waals surface area contributed by atoms with Gasteiger partial charge in [-0.2, -0.15) is 0 Å². The summed E-state index contributed by atoms with van der Waals surface area (Å²) in [6.07, 6.45) is 0.775. The zero-order valence-corrected chi connectivity index (χ0v) is 11.4. The fourth-order valence-corrected chi connectivity index (χ4v) is 2.20. The number of nitrogens with one attached hydrogen (secondary N) is 1. The molecule has 5 heteroatoms. The van der Waals surface area contributed by atoms with E-state index in [0.717, 1.165) is 12.1 Å². The van der Waals surface area contributed by atoms with E-state index < -0.39 is 12.1 Å². The highest BCUT2D eigenvalue weighted by molar-refractivity contribution is 14.1. The third-order valence-electron chi connectivity index (χ3n) is 2.76. The van der Waals surface area contributed by atoms with Crippen LogP contribution < -0.4 is 5.32 Å². The zero-order chi connectivity index (χ0) is 12.3. The van der Waals surface area contributed by atoms with E-state index in [1.807, 2.05) is 24.3 Å². The summed E-state index contributed by atoms with van der Waals surface area (Å²) >= 11 is 2.26. The number of halogens is 1. The highest BCUT2D eigenvalue weighted by Crippen LogP contribution is 2.20. The molecular formula is C12H14INO3. The molecule has 0 bridgehead atoms. The Morgan fingerprint density at radius 3 is 2.71 bits per heavy atom. The number of hydrogen-bond donors (Lipinski definition) is 2. The van der Waals surface area contributed by atoms with Gasteiger partial charge in [0.15, 0.2) is 6.10 Å². The lowest BCUT2D eigenvalue weighted by atomic mass is 10.2. The second kappa shape index (κ2) is 5.68. The Labute approximate surface area is 113 Å². The largest absolute Gasteiger partial charge is 0.479 e. The predicted molar refractivity (Wildman–Crippen MR) is 73.2 cm³/mol. The molecule has 92 valence electrons. The normalized spacial score (nSPS) is 23.6. The Bertz CT molecular complexity index is 393. The Kier molecular flexibility index (Phi) is 4.22. The summed E-state index contributed by atoms with van der Waals surface area (Å²) < 4.78 is 6.60. The van der Waals surface area contributed by atoms with Crippen LogP contribution in [0.2, 0.25) is 0 Å². The summed E-state index contributed by atoms with van der Waals surface area (Å²) in [4.78, 5) is 10.7. The second-order valence-corrected chi connectivity index (χ2v) is 5.30. The molecule has 0 aliphatic carbocycles. The Morgan fingerprint density at radius 1 is 1.41 bits per heavy atom. The third-order valence-corrected chi connectivity index (χ3v) is 3.48. The predicted octanol–water partition coefficient (Wildman–Crippen LogP) is 2.34. The lowest BCUT2D eigenvalue weighted by Crippen LogP contribution is -2.24. The van der Waals surface area contributed by atoms with E-state index in [2.05, 4.69) is 27.9 Å². The number of anilines is 1. The van der Waals surface area contributed by atoms with Crippen LogP contribution in [0.3, 0.4) is 0 Å². The van der Waals surface area contributed by atoms with Gasteiger partial charge in [-0.3, -0.25) is 0 Å². The van der Waals surface area contributed by atoms with Crippen LogP contribution in [0.25, 0.3) is 0 Å². The summed E-state index contributed by atoms with van der Waals surface area (Å²) in [5, 5.41) is 12.1. The Hall–Kier alpha value is -0.820. The molecule has 4 nitrogen and oxygen atoms in total. The van der Waals surface area contributed by atoms with Gasteiger partial charge in [0.05, 0.1) is 6.10 Å². The molecule has 0 amide bonds. The molecular weight excluding hydrogens is 333 g/mol. The minimum Gasteiger partial charge on any atom is -0.479 e. The average molecular weight is 347 g/mol. The van der Waals surface area contributed by atoms with E-state index in [0.29, 0.717) is 13.0 Å². The molecule has 1 saturated heterocycles. The molecule has 2 rings (SSSR count). The topological polar surface area (TPSA) is 58.6 Å². The van der Waals surface area contributed by atoms with Crippen molar-refractivity contribution in [1.29, 1.82) is 0 Å². The van der Waals surface area contributed by atoms with Gasteiger partial charge in [-0.25, -0.2) is 4.79 Å². The van der Waals surface area contributed by atoms with Gasteiger partial charge in [-0.15, -0.1) is 0 Å². The molecule has 0 radical (unpaired) electrons. The maximum Gasteiger partial charge on any atom is 0.332 e. The number of rotatable bonds is 4. The first kappa shape index (κ1) is 12.6. The van der Waals surface area contributed by atoms with Crippen LogP contribution in [0, 0.1) is 3.57 Å².